The quantitative estimate of drug-likeness (QED) is 0.886. The van der Waals surface area contributed by atoms with Gasteiger partial charge >= 0.3 is 6.18 Å². The average Bonchev–Trinajstić information content (AvgIpc) is 2.45. The number of anilines is 1. The van der Waals surface area contributed by atoms with Crippen LogP contribution in [0.5, 0.6) is 0 Å². The van der Waals surface area contributed by atoms with Crippen LogP contribution in [0.2, 0.25) is 5.02 Å². The number of halogens is 4. The first-order valence-electron chi connectivity index (χ1n) is 6.31. The molecule has 0 aliphatic heterocycles. The number of benzene rings is 1. The van der Waals surface area contributed by atoms with Crippen LogP contribution in [0, 0.1) is 18.3 Å². The predicted octanol–water partition coefficient (Wildman–Crippen LogP) is 3.73. The molecule has 5 nitrogen and oxygen atoms in total. The normalized spacial score (nSPS) is 11.8. The third-order valence-corrected chi connectivity index (χ3v) is 4.77. The first-order valence-corrected chi connectivity index (χ1v) is 8.17. The number of aryl methyl sites for hydroxylation is 1. The zero-order chi connectivity index (χ0) is 18.1. The Bertz CT molecular complexity index is 937. The van der Waals surface area contributed by atoms with Gasteiger partial charge in [0.2, 0.25) is 0 Å². The molecule has 0 bridgehead atoms. The van der Waals surface area contributed by atoms with E-state index in [1.807, 2.05) is 0 Å². The van der Waals surface area contributed by atoms with Gasteiger partial charge in [-0.05, 0) is 36.8 Å². The summed E-state index contributed by atoms with van der Waals surface area (Å²) in [5, 5.41) is 8.37. The molecule has 0 amide bonds. The Hall–Kier alpha value is -2.31. The maximum Gasteiger partial charge on any atom is 0.416 e. The van der Waals surface area contributed by atoms with E-state index in [9.17, 15) is 21.6 Å². The predicted molar refractivity (Wildman–Crippen MR) is 81.0 cm³/mol. The maximum atomic E-state index is 12.6. The lowest BCUT2D eigenvalue weighted by atomic mass is 10.2. The second-order valence-corrected chi connectivity index (χ2v) is 6.83. The van der Waals surface area contributed by atoms with E-state index >= 15 is 0 Å². The number of sulfonamides is 1. The molecule has 1 aromatic carbocycles. The first-order chi connectivity index (χ1) is 11.0. The molecule has 0 atom stereocenters. The van der Waals surface area contributed by atoms with Crippen LogP contribution in [0.3, 0.4) is 0 Å². The van der Waals surface area contributed by atoms with E-state index in [1.165, 1.54) is 12.3 Å². The molecule has 10 heteroatoms. The molecule has 126 valence electrons. The molecule has 24 heavy (non-hydrogen) atoms. The summed E-state index contributed by atoms with van der Waals surface area (Å²) in [5.74, 6) is 0. The summed E-state index contributed by atoms with van der Waals surface area (Å²) in [6, 6.07) is 4.98. The van der Waals surface area contributed by atoms with Gasteiger partial charge in [0.1, 0.15) is 11.0 Å². The van der Waals surface area contributed by atoms with Crippen LogP contribution in [0.4, 0.5) is 18.9 Å². The van der Waals surface area contributed by atoms with E-state index in [0.29, 0.717) is 17.7 Å². The summed E-state index contributed by atoms with van der Waals surface area (Å²) in [7, 11) is -4.30. The largest absolute Gasteiger partial charge is 0.416 e. The molecule has 1 heterocycles. The van der Waals surface area contributed by atoms with Gasteiger partial charge in [-0.2, -0.15) is 18.4 Å². The van der Waals surface area contributed by atoms with Gasteiger partial charge in [0.15, 0.2) is 5.69 Å². The highest BCUT2D eigenvalue weighted by Crippen LogP contribution is 2.34. The highest BCUT2D eigenvalue weighted by atomic mass is 35.5. The van der Waals surface area contributed by atoms with Crippen LogP contribution in [-0.4, -0.2) is 13.4 Å². The molecular weight excluding hydrogens is 367 g/mol. The van der Waals surface area contributed by atoms with Gasteiger partial charge in [0, 0.05) is 6.20 Å². The minimum absolute atomic E-state index is 0.0894. The van der Waals surface area contributed by atoms with Gasteiger partial charge in [0.05, 0.1) is 16.3 Å². The van der Waals surface area contributed by atoms with Crippen LogP contribution < -0.4 is 4.72 Å². The highest BCUT2D eigenvalue weighted by molar-refractivity contribution is 7.92. The molecule has 0 spiro atoms. The fraction of sp³-hybridized carbons (Fsp3) is 0.143. The number of nitrogens with zero attached hydrogens (tertiary/aromatic N) is 2. The Morgan fingerprint density at radius 2 is 1.96 bits per heavy atom. The van der Waals surface area contributed by atoms with Crippen molar-refractivity contribution in [3.63, 3.8) is 0 Å². The second kappa shape index (κ2) is 6.30. The van der Waals surface area contributed by atoms with Crippen molar-refractivity contribution in [3.8, 4) is 6.07 Å². The van der Waals surface area contributed by atoms with E-state index < -0.39 is 31.7 Å². The van der Waals surface area contributed by atoms with Crippen molar-refractivity contribution in [2.75, 3.05) is 4.72 Å². The smallest absolute Gasteiger partial charge is 0.277 e. The Morgan fingerprint density at radius 3 is 2.50 bits per heavy atom. The van der Waals surface area contributed by atoms with Crippen molar-refractivity contribution in [2.45, 2.75) is 18.0 Å². The molecule has 1 N–H and O–H groups in total. The molecular formula is C14H9ClF3N3O2S. The summed E-state index contributed by atoms with van der Waals surface area (Å²) >= 11 is 5.69. The fourth-order valence-electron chi connectivity index (χ4n) is 1.83. The first kappa shape index (κ1) is 18.0. The third kappa shape index (κ3) is 3.77. The summed E-state index contributed by atoms with van der Waals surface area (Å²) in [6.07, 6.45) is -3.27. The van der Waals surface area contributed by atoms with Gasteiger partial charge in [-0.1, -0.05) is 11.6 Å². The van der Waals surface area contributed by atoms with Crippen molar-refractivity contribution in [3.05, 3.63) is 52.3 Å². The number of pyridine rings is 1. The van der Waals surface area contributed by atoms with Gasteiger partial charge in [-0.15, -0.1) is 0 Å². The SMILES string of the molecule is Cc1cnc(C#N)c(NS(=O)(=O)c2ccc(C(F)(F)F)cc2Cl)c1. The summed E-state index contributed by atoms with van der Waals surface area (Å²) in [5.41, 5.74) is -0.743. The minimum Gasteiger partial charge on any atom is -0.277 e. The average molecular weight is 376 g/mol. The minimum atomic E-state index is -4.65. The number of nitriles is 1. The lowest BCUT2D eigenvalue weighted by molar-refractivity contribution is -0.137. The van der Waals surface area contributed by atoms with Crippen LogP contribution >= 0.6 is 11.6 Å². The van der Waals surface area contributed by atoms with E-state index in [2.05, 4.69) is 9.71 Å². The molecule has 0 saturated carbocycles. The molecule has 0 radical (unpaired) electrons. The number of alkyl halides is 3. The third-order valence-electron chi connectivity index (χ3n) is 2.92. The summed E-state index contributed by atoms with van der Waals surface area (Å²) in [4.78, 5) is 3.23. The number of nitrogens with one attached hydrogen (secondary N) is 1. The summed E-state index contributed by atoms with van der Waals surface area (Å²) < 4.78 is 64.7. The molecule has 0 aliphatic carbocycles. The Balaban J connectivity index is 2.46. The van der Waals surface area contributed by atoms with Gasteiger partial charge in [0.25, 0.3) is 10.0 Å². The van der Waals surface area contributed by atoms with Gasteiger partial charge in [-0.25, -0.2) is 13.4 Å². The lowest BCUT2D eigenvalue weighted by Gasteiger charge is -2.13. The van der Waals surface area contributed by atoms with Crippen molar-refractivity contribution < 1.29 is 21.6 Å². The van der Waals surface area contributed by atoms with Crippen molar-refractivity contribution in [2.24, 2.45) is 0 Å². The summed E-state index contributed by atoms with van der Waals surface area (Å²) in [6.45, 7) is 1.64. The second-order valence-electron chi connectivity index (χ2n) is 4.77. The van der Waals surface area contributed by atoms with Gasteiger partial charge in [-0.3, -0.25) is 4.72 Å². The Kier molecular flexibility index (Phi) is 4.73. The standard InChI is InChI=1S/C14H9ClF3N3O2S/c1-8-4-11(12(6-19)20-7-8)21-24(22,23)13-3-2-9(5-10(13)15)14(16,17)18/h2-5,7,21H,1H3. The van der Waals surface area contributed by atoms with Crippen molar-refractivity contribution >= 4 is 27.3 Å². The molecule has 2 rings (SSSR count). The van der Waals surface area contributed by atoms with Crippen LogP contribution in [0.1, 0.15) is 16.8 Å². The van der Waals surface area contributed by atoms with E-state index in [4.69, 9.17) is 16.9 Å². The highest BCUT2D eigenvalue weighted by Gasteiger charge is 2.32. The van der Waals surface area contributed by atoms with Crippen LogP contribution in [-0.2, 0) is 16.2 Å². The number of hydrogen-bond donors (Lipinski definition) is 1. The fourth-order valence-corrected chi connectivity index (χ4v) is 3.43. The molecule has 0 fully saturated rings. The van der Waals surface area contributed by atoms with E-state index in [-0.39, 0.29) is 11.4 Å². The topological polar surface area (TPSA) is 82.8 Å². The number of aromatic nitrogens is 1. The Labute approximate surface area is 140 Å². The van der Waals surface area contributed by atoms with Crippen molar-refractivity contribution in [1.29, 1.82) is 5.26 Å². The molecule has 0 unspecified atom stereocenters. The molecule has 2 aromatic rings. The van der Waals surface area contributed by atoms with Crippen molar-refractivity contribution in [1.82, 2.24) is 4.98 Å². The molecule has 0 aliphatic rings. The van der Waals surface area contributed by atoms with Gasteiger partial charge < -0.3 is 0 Å². The number of rotatable bonds is 3. The van der Waals surface area contributed by atoms with Crippen LogP contribution in [0.15, 0.2) is 35.4 Å². The lowest BCUT2D eigenvalue weighted by Crippen LogP contribution is -2.16. The zero-order valence-electron chi connectivity index (χ0n) is 12.0. The monoisotopic (exact) mass is 375 g/mol. The molecule has 1 aromatic heterocycles. The van der Waals surface area contributed by atoms with E-state index in [1.54, 1.807) is 13.0 Å². The zero-order valence-corrected chi connectivity index (χ0v) is 13.6. The Morgan fingerprint density at radius 1 is 1.29 bits per heavy atom. The van der Waals surface area contributed by atoms with Crippen LogP contribution in [0.25, 0.3) is 0 Å². The number of hydrogen-bond acceptors (Lipinski definition) is 4. The molecule has 0 saturated heterocycles. The maximum absolute atomic E-state index is 12.6. The van der Waals surface area contributed by atoms with E-state index in [0.717, 1.165) is 6.07 Å².